The van der Waals surface area contributed by atoms with E-state index in [0.29, 0.717) is 5.69 Å². The van der Waals surface area contributed by atoms with Gasteiger partial charge in [-0.05, 0) is 13.8 Å². The molecule has 6 heteroatoms. The maximum absolute atomic E-state index is 12.2. The zero-order valence-electron chi connectivity index (χ0n) is 11.8. The van der Waals surface area contributed by atoms with Gasteiger partial charge in [0.15, 0.2) is 0 Å². The van der Waals surface area contributed by atoms with Crippen molar-refractivity contribution in [2.45, 2.75) is 19.4 Å². The van der Waals surface area contributed by atoms with E-state index < -0.39 is 0 Å². The van der Waals surface area contributed by atoms with Crippen LogP contribution in [0, 0.1) is 0 Å². The molecule has 1 amide bonds. The first kappa shape index (κ1) is 14.0. The molecule has 0 bridgehead atoms. The fraction of sp³-hybridized carbons (Fsp3) is 0.692. The van der Waals surface area contributed by atoms with E-state index in [4.69, 9.17) is 4.74 Å². The minimum Gasteiger partial charge on any atom is -0.379 e. The van der Waals surface area contributed by atoms with Crippen molar-refractivity contribution in [1.82, 2.24) is 19.8 Å². The van der Waals surface area contributed by atoms with Gasteiger partial charge in [0.25, 0.3) is 5.91 Å². The number of aryl methyl sites for hydroxylation is 1. The number of imidazole rings is 1. The number of nitrogens with zero attached hydrogens (tertiary/aromatic N) is 3. The standard InChI is InChI=1S/C13H22N4O2/c1-13(2,9-17-4-6-19-7-5-17)15-12(18)11-8-14-10-16(11)3/h8,10H,4-7,9H2,1-3H3,(H,15,18). The molecular formula is C13H22N4O2. The molecule has 2 rings (SSSR count). The lowest BCUT2D eigenvalue weighted by molar-refractivity contribution is 0.0268. The first-order valence-electron chi connectivity index (χ1n) is 6.57. The number of morpholine rings is 1. The molecule has 2 heterocycles. The largest absolute Gasteiger partial charge is 0.379 e. The highest BCUT2D eigenvalue weighted by Gasteiger charge is 2.26. The van der Waals surface area contributed by atoms with Crippen LogP contribution in [-0.4, -0.2) is 58.7 Å². The lowest BCUT2D eigenvalue weighted by atomic mass is 10.0. The summed E-state index contributed by atoms with van der Waals surface area (Å²) in [6.45, 7) is 8.28. The number of nitrogens with one attached hydrogen (secondary N) is 1. The molecule has 1 aromatic rings. The maximum Gasteiger partial charge on any atom is 0.270 e. The average Bonchev–Trinajstić information content (AvgIpc) is 2.75. The second kappa shape index (κ2) is 5.71. The number of ether oxygens (including phenoxy) is 1. The molecule has 0 spiro atoms. The molecule has 1 saturated heterocycles. The van der Waals surface area contributed by atoms with Crippen molar-refractivity contribution in [3.05, 3.63) is 18.2 Å². The SMILES string of the molecule is Cn1cncc1C(=O)NC(C)(C)CN1CCOCC1. The molecule has 1 aliphatic heterocycles. The van der Waals surface area contributed by atoms with Crippen LogP contribution in [0.5, 0.6) is 0 Å². The Morgan fingerprint density at radius 1 is 1.47 bits per heavy atom. The molecule has 0 unspecified atom stereocenters. The van der Waals surface area contributed by atoms with Gasteiger partial charge in [-0.1, -0.05) is 0 Å². The van der Waals surface area contributed by atoms with Crippen LogP contribution in [-0.2, 0) is 11.8 Å². The molecule has 19 heavy (non-hydrogen) atoms. The van der Waals surface area contributed by atoms with Crippen LogP contribution in [0.1, 0.15) is 24.3 Å². The van der Waals surface area contributed by atoms with E-state index in [9.17, 15) is 4.79 Å². The molecule has 0 aliphatic carbocycles. The second-order valence-corrected chi connectivity index (χ2v) is 5.62. The van der Waals surface area contributed by atoms with E-state index >= 15 is 0 Å². The molecule has 0 atom stereocenters. The number of aromatic nitrogens is 2. The summed E-state index contributed by atoms with van der Waals surface area (Å²) in [4.78, 5) is 18.4. The fourth-order valence-electron chi connectivity index (χ4n) is 2.31. The predicted molar refractivity (Wildman–Crippen MR) is 72.0 cm³/mol. The molecule has 1 aromatic heterocycles. The molecule has 1 fully saturated rings. The van der Waals surface area contributed by atoms with Crippen molar-refractivity contribution in [1.29, 1.82) is 0 Å². The van der Waals surface area contributed by atoms with Crippen molar-refractivity contribution in [3.63, 3.8) is 0 Å². The lowest BCUT2D eigenvalue weighted by Crippen LogP contribution is -2.53. The summed E-state index contributed by atoms with van der Waals surface area (Å²) < 4.78 is 7.05. The Morgan fingerprint density at radius 3 is 2.74 bits per heavy atom. The van der Waals surface area contributed by atoms with Crippen LogP contribution in [0.2, 0.25) is 0 Å². The third kappa shape index (κ3) is 3.78. The van der Waals surface area contributed by atoms with E-state index in [1.807, 2.05) is 20.9 Å². The van der Waals surface area contributed by atoms with Gasteiger partial charge >= 0.3 is 0 Å². The molecule has 0 radical (unpaired) electrons. The summed E-state index contributed by atoms with van der Waals surface area (Å²) in [5, 5.41) is 3.06. The van der Waals surface area contributed by atoms with Crippen LogP contribution in [0.15, 0.2) is 12.5 Å². The van der Waals surface area contributed by atoms with Crippen molar-refractivity contribution in [2.75, 3.05) is 32.8 Å². The Balaban J connectivity index is 1.92. The number of hydrogen-bond donors (Lipinski definition) is 1. The van der Waals surface area contributed by atoms with Crippen LogP contribution < -0.4 is 5.32 Å². The van der Waals surface area contributed by atoms with Gasteiger partial charge in [-0.15, -0.1) is 0 Å². The van der Waals surface area contributed by atoms with Gasteiger partial charge in [0.1, 0.15) is 5.69 Å². The highest BCUT2D eigenvalue weighted by molar-refractivity contribution is 5.92. The highest BCUT2D eigenvalue weighted by Crippen LogP contribution is 2.09. The predicted octanol–water partition coefficient (Wildman–Crippen LogP) is 0.261. The molecule has 1 aliphatic rings. The second-order valence-electron chi connectivity index (χ2n) is 5.62. The van der Waals surface area contributed by atoms with Crippen LogP contribution in [0.25, 0.3) is 0 Å². The smallest absolute Gasteiger partial charge is 0.270 e. The summed E-state index contributed by atoms with van der Waals surface area (Å²) in [6.07, 6.45) is 3.21. The van der Waals surface area contributed by atoms with Gasteiger partial charge in [-0.3, -0.25) is 9.69 Å². The minimum atomic E-state index is -0.279. The Labute approximate surface area is 113 Å². The number of carbonyl (C=O) groups is 1. The Morgan fingerprint density at radius 2 is 2.16 bits per heavy atom. The van der Waals surface area contributed by atoms with Gasteiger partial charge < -0.3 is 14.6 Å². The van der Waals surface area contributed by atoms with E-state index in [-0.39, 0.29) is 11.4 Å². The minimum absolute atomic E-state index is 0.0849. The van der Waals surface area contributed by atoms with Crippen molar-refractivity contribution in [2.24, 2.45) is 7.05 Å². The molecular weight excluding hydrogens is 244 g/mol. The third-order valence-electron chi connectivity index (χ3n) is 3.22. The number of hydrogen-bond acceptors (Lipinski definition) is 4. The lowest BCUT2D eigenvalue weighted by Gasteiger charge is -2.35. The van der Waals surface area contributed by atoms with Crippen LogP contribution in [0.3, 0.4) is 0 Å². The van der Waals surface area contributed by atoms with E-state index in [2.05, 4.69) is 15.2 Å². The summed E-state index contributed by atoms with van der Waals surface area (Å²) in [6, 6.07) is 0. The molecule has 6 nitrogen and oxygen atoms in total. The highest BCUT2D eigenvalue weighted by atomic mass is 16.5. The van der Waals surface area contributed by atoms with Gasteiger partial charge in [-0.2, -0.15) is 0 Å². The average molecular weight is 266 g/mol. The molecule has 106 valence electrons. The molecule has 1 N–H and O–H groups in total. The topological polar surface area (TPSA) is 59.4 Å². The van der Waals surface area contributed by atoms with E-state index in [1.54, 1.807) is 17.1 Å². The van der Waals surface area contributed by atoms with Gasteiger partial charge in [-0.25, -0.2) is 4.98 Å². The van der Waals surface area contributed by atoms with Gasteiger partial charge in [0.2, 0.25) is 0 Å². The van der Waals surface area contributed by atoms with Crippen molar-refractivity contribution < 1.29 is 9.53 Å². The quantitative estimate of drug-likeness (QED) is 0.849. The van der Waals surface area contributed by atoms with Crippen LogP contribution in [0.4, 0.5) is 0 Å². The number of amides is 1. The van der Waals surface area contributed by atoms with Gasteiger partial charge in [0.05, 0.1) is 25.7 Å². The number of rotatable bonds is 4. The Bertz CT molecular complexity index is 436. The first-order chi connectivity index (χ1) is 8.98. The zero-order valence-corrected chi connectivity index (χ0v) is 11.8. The number of carbonyl (C=O) groups excluding carboxylic acids is 1. The summed E-state index contributed by atoms with van der Waals surface area (Å²) >= 11 is 0. The van der Waals surface area contributed by atoms with Gasteiger partial charge in [0, 0.05) is 32.2 Å². The van der Waals surface area contributed by atoms with Crippen LogP contribution >= 0.6 is 0 Å². The zero-order chi connectivity index (χ0) is 13.9. The molecule has 0 aromatic carbocycles. The summed E-state index contributed by atoms with van der Waals surface area (Å²) in [7, 11) is 1.82. The Kier molecular flexibility index (Phi) is 4.21. The maximum atomic E-state index is 12.2. The van der Waals surface area contributed by atoms with E-state index in [1.165, 1.54) is 0 Å². The first-order valence-corrected chi connectivity index (χ1v) is 6.57. The van der Waals surface area contributed by atoms with E-state index in [0.717, 1.165) is 32.8 Å². The monoisotopic (exact) mass is 266 g/mol. The fourth-order valence-corrected chi connectivity index (χ4v) is 2.31. The summed E-state index contributed by atoms with van der Waals surface area (Å²) in [5.74, 6) is -0.0849. The van der Waals surface area contributed by atoms with Crippen molar-refractivity contribution in [3.8, 4) is 0 Å². The Hall–Kier alpha value is -1.40. The van der Waals surface area contributed by atoms with Crippen molar-refractivity contribution >= 4 is 5.91 Å². The summed E-state index contributed by atoms with van der Waals surface area (Å²) in [5.41, 5.74) is 0.300. The third-order valence-corrected chi connectivity index (χ3v) is 3.22. The normalized spacial score (nSPS) is 17.4. The molecule has 0 saturated carbocycles.